The van der Waals surface area contributed by atoms with Gasteiger partial charge in [0.25, 0.3) is 0 Å². The Morgan fingerprint density at radius 3 is 2.22 bits per heavy atom. The van der Waals surface area contributed by atoms with Crippen LogP contribution in [-0.2, 0) is 0 Å². The molecular weight excluding hydrogens is 114 g/mol. The number of nitrogens with two attached hydrogens (primary N) is 1. The second-order valence-electron chi connectivity index (χ2n) is 2.63. The maximum atomic E-state index is 9.22. The predicted octanol–water partition coefficient (Wildman–Crippen LogP) is 1.01. The summed E-state index contributed by atoms with van der Waals surface area (Å²) in [7, 11) is 0. The van der Waals surface area contributed by atoms with Crippen LogP contribution in [0.4, 0.5) is 0 Å². The van der Waals surface area contributed by atoms with Crippen molar-refractivity contribution in [3.63, 3.8) is 0 Å². The molecule has 0 amide bonds. The van der Waals surface area contributed by atoms with Crippen molar-refractivity contribution in [2.75, 3.05) is 0 Å². The lowest BCUT2D eigenvalue weighted by Gasteiger charge is -2.17. The molecule has 3 N–H and O–H groups in total. The first kappa shape index (κ1) is 8.50. The zero-order chi connectivity index (χ0) is 7.49. The SMILES string of the molecule is CC/C=C(\N)C(C)(C)O. The Kier molecular flexibility index (Phi) is 2.71. The summed E-state index contributed by atoms with van der Waals surface area (Å²) in [6.07, 6.45) is 2.69. The van der Waals surface area contributed by atoms with E-state index in [2.05, 4.69) is 0 Å². The van der Waals surface area contributed by atoms with Gasteiger partial charge < -0.3 is 10.8 Å². The molecule has 0 fully saturated rings. The maximum absolute atomic E-state index is 9.22. The van der Waals surface area contributed by atoms with Gasteiger partial charge in [-0.25, -0.2) is 0 Å². The molecule has 0 atom stereocenters. The van der Waals surface area contributed by atoms with Crippen LogP contribution in [0.25, 0.3) is 0 Å². The summed E-state index contributed by atoms with van der Waals surface area (Å²) in [5.41, 5.74) is 5.17. The van der Waals surface area contributed by atoms with Crippen molar-refractivity contribution < 1.29 is 5.11 Å². The van der Waals surface area contributed by atoms with E-state index in [1.807, 2.05) is 13.0 Å². The van der Waals surface area contributed by atoms with E-state index >= 15 is 0 Å². The van der Waals surface area contributed by atoms with Gasteiger partial charge in [-0.2, -0.15) is 0 Å². The van der Waals surface area contributed by atoms with Gasteiger partial charge in [0.05, 0.1) is 5.60 Å². The van der Waals surface area contributed by atoms with Gasteiger partial charge in [-0.05, 0) is 20.3 Å². The van der Waals surface area contributed by atoms with Crippen molar-refractivity contribution in [1.29, 1.82) is 0 Å². The molecule has 0 radical (unpaired) electrons. The van der Waals surface area contributed by atoms with E-state index in [1.54, 1.807) is 13.8 Å². The smallest absolute Gasteiger partial charge is 0.0978 e. The summed E-state index contributed by atoms with van der Waals surface area (Å²) in [4.78, 5) is 0. The highest BCUT2D eigenvalue weighted by Crippen LogP contribution is 2.09. The summed E-state index contributed by atoms with van der Waals surface area (Å²) >= 11 is 0. The normalized spacial score (nSPS) is 14.0. The highest BCUT2D eigenvalue weighted by molar-refractivity contribution is 5.08. The molecule has 0 heterocycles. The van der Waals surface area contributed by atoms with E-state index in [9.17, 15) is 5.11 Å². The lowest BCUT2D eigenvalue weighted by Crippen LogP contribution is -2.27. The van der Waals surface area contributed by atoms with Crippen LogP contribution in [0.2, 0.25) is 0 Å². The first-order valence-corrected chi connectivity index (χ1v) is 3.17. The number of allylic oxidation sites excluding steroid dienone is 1. The molecule has 0 rings (SSSR count). The molecule has 0 aliphatic rings. The first-order valence-electron chi connectivity index (χ1n) is 3.17. The molecule has 0 aromatic rings. The number of rotatable bonds is 2. The fraction of sp³-hybridized carbons (Fsp3) is 0.714. The van der Waals surface area contributed by atoms with Crippen molar-refractivity contribution in [3.8, 4) is 0 Å². The van der Waals surface area contributed by atoms with Crippen LogP contribution < -0.4 is 5.73 Å². The van der Waals surface area contributed by atoms with Gasteiger partial charge in [0.1, 0.15) is 0 Å². The van der Waals surface area contributed by atoms with E-state index in [1.165, 1.54) is 0 Å². The molecule has 2 heteroatoms. The minimum Gasteiger partial charge on any atom is -0.400 e. The number of hydrogen-bond acceptors (Lipinski definition) is 2. The topological polar surface area (TPSA) is 46.2 Å². The Morgan fingerprint density at radius 1 is 1.67 bits per heavy atom. The second kappa shape index (κ2) is 2.87. The monoisotopic (exact) mass is 129 g/mol. The summed E-state index contributed by atoms with van der Waals surface area (Å²) in [6.45, 7) is 5.33. The van der Waals surface area contributed by atoms with Gasteiger partial charge in [-0.1, -0.05) is 13.0 Å². The molecule has 2 nitrogen and oxygen atoms in total. The molecule has 0 aromatic heterocycles. The molecular formula is C7H15NO. The Hall–Kier alpha value is -0.500. The van der Waals surface area contributed by atoms with E-state index in [4.69, 9.17) is 5.73 Å². The molecule has 0 unspecified atom stereocenters. The van der Waals surface area contributed by atoms with Crippen molar-refractivity contribution >= 4 is 0 Å². The lowest BCUT2D eigenvalue weighted by atomic mass is 10.1. The summed E-state index contributed by atoms with van der Waals surface area (Å²) in [6, 6.07) is 0. The number of hydrogen-bond donors (Lipinski definition) is 2. The third kappa shape index (κ3) is 3.14. The molecule has 54 valence electrons. The van der Waals surface area contributed by atoms with Crippen molar-refractivity contribution in [2.24, 2.45) is 5.73 Å². The molecule has 0 saturated heterocycles. The molecule has 0 aromatic carbocycles. The van der Waals surface area contributed by atoms with E-state index in [0.29, 0.717) is 5.70 Å². The zero-order valence-corrected chi connectivity index (χ0v) is 6.31. The summed E-state index contributed by atoms with van der Waals surface area (Å²) in [5, 5.41) is 9.22. The lowest BCUT2D eigenvalue weighted by molar-refractivity contribution is 0.118. The van der Waals surface area contributed by atoms with Crippen LogP contribution in [0.1, 0.15) is 27.2 Å². The summed E-state index contributed by atoms with van der Waals surface area (Å²) in [5.74, 6) is 0. The van der Waals surface area contributed by atoms with Crippen LogP contribution >= 0.6 is 0 Å². The van der Waals surface area contributed by atoms with Crippen LogP contribution in [0, 0.1) is 0 Å². The Bertz CT molecular complexity index is 111. The summed E-state index contributed by atoms with van der Waals surface area (Å²) < 4.78 is 0. The van der Waals surface area contributed by atoms with Crippen LogP contribution in [0.15, 0.2) is 11.8 Å². The maximum Gasteiger partial charge on any atom is 0.0978 e. The Labute approximate surface area is 56.4 Å². The van der Waals surface area contributed by atoms with Gasteiger partial charge in [-0.15, -0.1) is 0 Å². The third-order valence-electron chi connectivity index (χ3n) is 1.13. The van der Waals surface area contributed by atoms with Gasteiger partial charge in [0, 0.05) is 5.70 Å². The van der Waals surface area contributed by atoms with Crippen molar-refractivity contribution in [3.05, 3.63) is 11.8 Å². The first-order chi connectivity index (χ1) is 3.98. The highest BCUT2D eigenvalue weighted by Gasteiger charge is 2.14. The standard InChI is InChI=1S/C7H15NO/c1-4-5-6(8)7(2,3)9/h5,9H,4,8H2,1-3H3/b6-5-. The predicted molar refractivity (Wildman–Crippen MR) is 38.9 cm³/mol. The van der Waals surface area contributed by atoms with Crippen LogP contribution in [0.5, 0.6) is 0 Å². The quantitative estimate of drug-likeness (QED) is 0.584. The zero-order valence-electron chi connectivity index (χ0n) is 6.31. The molecule has 0 saturated carbocycles. The minimum atomic E-state index is -0.851. The Balaban J connectivity index is 4.03. The minimum absolute atomic E-state index is 0.546. The molecule has 9 heavy (non-hydrogen) atoms. The van der Waals surface area contributed by atoms with Gasteiger partial charge >= 0.3 is 0 Å². The average Bonchev–Trinajstić information content (AvgIpc) is 1.64. The third-order valence-corrected chi connectivity index (χ3v) is 1.13. The van der Waals surface area contributed by atoms with Gasteiger partial charge in [0.2, 0.25) is 0 Å². The average molecular weight is 129 g/mol. The molecule has 0 spiro atoms. The molecule has 0 bridgehead atoms. The fourth-order valence-electron chi connectivity index (χ4n) is 0.470. The van der Waals surface area contributed by atoms with Crippen molar-refractivity contribution in [1.82, 2.24) is 0 Å². The van der Waals surface area contributed by atoms with Crippen molar-refractivity contribution in [2.45, 2.75) is 32.8 Å². The van der Waals surface area contributed by atoms with Gasteiger partial charge in [0.15, 0.2) is 0 Å². The molecule has 0 aliphatic carbocycles. The van der Waals surface area contributed by atoms with E-state index in [-0.39, 0.29) is 0 Å². The largest absolute Gasteiger partial charge is 0.400 e. The number of aliphatic hydroxyl groups is 1. The fourth-order valence-corrected chi connectivity index (χ4v) is 0.470. The second-order valence-corrected chi connectivity index (χ2v) is 2.63. The van der Waals surface area contributed by atoms with Gasteiger partial charge in [-0.3, -0.25) is 0 Å². The van der Waals surface area contributed by atoms with E-state index in [0.717, 1.165) is 6.42 Å². The van der Waals surface area contributed by atoms with E-state index < -0.39 is 5.60 Å². The highest BCUT2D eigenvalue weighted by atomic mass is 16.3. The molecule has 0 aliphatic heterocycles. The Morgan fingerprint density at radius 2 is 2.11 bits per heavy atom. The van der Waals surface area contributed by atoms with Crippen LogP contribution in [-0.4, -0.2) is 10.7 Å². The van der Waals surface area contributed by atoms with Crippen LogP contribution in [0.3, 0.4) is 0 Å².